The summed E-state index contributed by atoms with van der Waals surface area (Å²) in [6, 6.07) is 15.4. The molecule has 3 aromatic heterocycles. The number of hydrogen-bond donors (Lipinski definition) is 5. The normalized spacial score (nSPS) is 25.8. The molecule has 1 amide bonds. The molecule has 5 aliphatic rings. The van der Waals surface area contributed by atoms with Gasteiger partial charge in [0.05, 0.1) is 33.5 Å². The lowest BCUT2D eigenvalue weighted by Gasteiger charge is -2.58. The van der Waals surface area contributed by atoms with Gasteiger partial charge in [0, 0.05) is 49.3 Å². The topological polar surface area (TPSA) is 162 Å². The number of nitrogens with zero attached hydrogens (tertiary/aromatic N) is 4. The lowest BCUT2D eigenvalue weighted by atomic mass is 9.61. The lowest BCUT2D eigenvalue weighted by Crippen LogP contribution is -2.64. The van der Waals surface area contributed by atoms with Crippen molar-refractivity contribution < 1.29 is 29.6 Å². The summed E-state index contributed by atoms with van der Waals surface area (Å²) in [4.78, 5) is 29.4. The highest BCUT2D eigenvalue weighted by Crippen LogP contribution is 2.51. The van der Waals surface area contributed by atoms with Gasteiger partial charge >= 0.3 is 5.97 Å². The fourth-order valence-electron chi connectivity index (χ4n) is 11.1. The van der Waals surface area contributed by atoms with Gasteiger partial charge in [-0.3, -0.25) is 4.79 Å². The molecule has 2 aromatic carbocycles. The summed E-state index contributed by atoms with van der Waals surface area (Å²) in [5.74, 6) is -0.439. The number of rotatable bonds is 13. The predicted molar refractivity (Wildman–Crippen MR) is 222 cm³/mol. The van der Waals surface area contributed by atoms with Crippen LogP contribution in [0.5, 0.6) is 0 Å². The number of piperidine rings is 1. The van der Waals surface area contributed by atoms with E-state index in [9.17, 15) is 24.9 Å². The van der Waals surface area contributed by atoms with Crippen LogP contribution in [-0.4, -0.2) is 97.6 Å². The number of esters is 1. The molecule has 4 fully saturated rings. The first-order valence-electron chi connectivity index (χ1n) is 21.1. The first kappa shape index (κ1) is 38.4. The van der Waals surface area contributed by atoms with Gasteiger partial charge in [-0.1, -0.05) is 29.5 Å². The largest absolute Gasteiger partial charge is 0.460 e. The lowest BCUT2D eigenvalue weighted by molar-refractivity contribution is -0.191. The van der Waals surface area contributed by atoms with Gasteiger partial charge in [0.15, 0.2) is 0 Å². The third kappa shape index (κ3) is 6.88. The number of nitrogens with one attached hydrogen (secondary N) is 2. The second kappa shape index (κ2) is 15.4. The van der Waals surface area contributed by atoms with E-state index < -0.39 is 23.8 Å². The molecule has 58 heavy (non-hydrogen) atoms. The minimum atomic E-state index is -1.82. The van der Waals surface area contributed by atoms with Crippen LogP contribution in [0, 0.1) is 17.3 Å². The van der Waals surface area contributed by atoms with Crippen LogP contribution < -0.4 is 10.6 Å². The molecule has 0 radical (unpaired) electrons. The summed E-state index contributed by atoms with van der Waals surface area (Å²) < 4.78 is 9.16. The molecule has 2 aliphatic heterocycles. The number of fused-ring (bicyclic) bond motifs is 5. The quantitative estimate of drug-likeness (QED) is 0.106. The summed E-state index contributed by atoms with van der Waals surface area (Å²) in [5, 5.41) is 52.3. The predicted octanol–water partition coefficient (Wildman–Crippen LogP) is 4.65. The summed E-state index contributed by atoms with van der Waals surface area (Å²) in [6.07, 6.45) is 7.03. The third-order valence-electron chi connectivity index (χ3n) is 13.9. The van der Waals surface area contributed by atoms with Crippen molar-refractivity contribution in [2.24, 2.45) is 17.3 Å². The van der Waals surface area contributed by atoms with Crippen LogP contribution in [-0.2, 0) is 45.9 Å². The Labute approximate surface area is 345 Å². The third-order valence-corrected chi connectivity index (χ3v) is 16.1. The summed E-state index contributed by atoms with van der Waals surface area (Å²) in [6.45, 7) is 4.87. The number of likely N-dealkylation sites (tertiary alicyclic amines) is 1. The van der Waals surface area contributed by atoms with Crippen molar-refractivity contribution in [2.75, 3.05) is 26.2 Å². The number of carbonyl (C=O) groups excluding carboxylic acids is 2. The molecule has 2 saturated heterocycles. The van der Waals surface area contributed by atoms with Crippen LogP contribution in [0.3, 0.4) is 0 Å². The SMILES string of the molecule is O=C1CCC2C(N1)C(O)CCC2[C@@H](O)CNCc1cc2nnn(CCCN3CC4(CC(OC(=O)[C@@](O)(c5cccs5)c5cc6ccccc6s5)C4)C3)c2c2c1CCC2. The van der Waals surface area contributed by atoms with Crippen LogP contribution in [0.2, 0.25) is 0 Å². The van der Waals surface area contributed by atoms with E-state index in [1.807, 2.05) is 47.8 Å². The molecule has 3 aliphatic carbocycles. The van der Waals surface area contributed by atoms with Crippen LogP contribution in [0.25, 0.3) is 21.1 Å². The van der Waals surface area contributed by atoms with E-state index in [0.29, 0.717) is 42.1 Å². The molecule has 12 nitrogen and oxygen atoms in total. The number of aryl methyl sites for hydroxylation is 2. The van der Waals surface area contributed by atoms with Crippen LogP contribution in [0.1, 0.15) is 77.8 Å². The van der Waals surface area contributed by atoms with Gasteiger partial charge < -0.3 is 35.6 Å². The van der Waals surface area contributed by atoms with E-state index in [4.69, 9.17) is 4.74 Å². The first-order chi connectivity index (χ1) is 28.2. The molecule has 306 valence electrons. The second-order valence-corrected chi connectivity index (χ2v) is 19.7. The monoisotopic (exact) mass is 824 g/mol. The molecule has 5 heterocycles. The average molecular weight is 825 g/mol. The van der Waals surface area contributed by atoms with Gasteiger partial charge in [0.2, 0.25) is 11.5 Å². The Kier molecular flexibility index (Phi) is 10.2. The van der Waals surface area contributed by atoms with Crippen LogP contribution >= 0.6 is 22.7 Å². The summed E-state index contributed by atoms with van der Waals surface area (Å²) >= 11 is 2.81. The highest BCUT2D eigenvalue weighted by molar-refractivity contribution is 7.19. The molecule has 4 unspecified atom stereocenters. The van der Waals surface area contributed by atoms with Gasteiger partial charge in [0.1, 0.15) is 11.6 Å². The zero-order valence-corrected chi connectivity index (χ0v) is 34.3. The van der Waals surface area contributed by atoms with Gasteiger partial charge in [-0.15, -0.1) is 27.8 Å². The van der Waals surface area contributed by atoms with Crippen molar-refractivity contribution in [3.8, 4) is 0 Å². The number of amides is 1. The van der Waals surface area contributed by atoms with Crippen molar-refractivity contribution >= 4 is 55.7 Å². The molecular formula is C44H52N6O6S2. The van der Waals surface area contributed by atoms with Crippen molar-refractivity contribution in [2.45, 2.75) is 107 Å². The number of aliphatic hydroxyl groups excluding tert-OH is 2. The smallest absolute Gasteiger partial charge is 0.349 e. The Morgan fingerprint density at radius 3 is 2.72 bits per heavy atom. The number of hydrogen-bond acceptors (Lipinski definition) is 12. The second-order valence-electron chi connectivity index (χ2n) is 17.7. The average Bonchev–Trinajstić information content (AvgIpc) is 4.03. The number of aliphatic hydroxyl groups is 3. The Bertz CT molecular complexity index is 2280. The number of benzene rings is 2. The minimum absolute atomic E-state index is 0.00472. The maximum Gasteiger partial charge on any atom is 0.349 e. The van der Waals surface area contributed by atoms with E-state index in [1.165, 1.54) is 39.4 Å². The van der Waals surface area contributed by atoms with Crippen molar-refractivity contribution in [1.82, 2.24) is 30.5 Å². The molecule has 10 rings (SSSR count). The maximum absolute atomic E-state index is 13.7. The first-order valence-corrected chi connectivity index (χ1v) is 22.8. The van der Waals surface area contributed by atoms with E-state index >= 15 is 0 Å². The Hall–Kier alpha value is -3.76. The molecule has 5 aromatic rings. The fourth-order valence-corrected chi connectivity index (χ4v) is 13.1. The Morgan fingerprint density at radius 2 is 1.90 bits per heavy atom. The maximum atomic E-state index is 13.7. The van der Waals surface area contributed by atoms with E-state index in [2.05, 4.69) is 36.6 Å². The molecule has 0 bridgehead atoms. The van der Waals surface area contributed by atoms with Crippen molar-refractivity contribution in [1.29, 1.82) is 0 Å². The van der Waals surface area contributed by atoms with Gasteiger partial charge in [-0.25, -0.2) is 9.48 Å². The van der Waals surface area contributed by atoms with E-state index in [0.717, 1.165) is 92.2 Å². The standard InChI is InChI=1S/C44H52N6O6S2/c51-34-13-11-30(31-12-14-39(53)46-40(31)34)35(52)23-45-22-27-18-33-41(32-8-3-7-29(27)32)50(48-47-33)16-5-15-49-24-43(25-49)20-28(21-43)56-42(54)44(55,37-10-4-17-57-37)38-19-26-6-1-2-9-36(26)58-38/h1-2,4,6,9-10,17-19,28,30-31,34-35,40,45,51-52,55H,3,5,7-8,11-16,20-25H2,(H,46,53)/t30?,31?,34?,35-,40?,44+/m0/s1. The summed E-state index contributed by atoms with van der Waals surface area (Å²) in [7, 11) is 0. The van der Waals surface area contributed by atoms with Crippen LogP contribution in [0.15, 0.2) is 53.9 Å². The Morgan fingerprint density at radius 1 is 1.05 bits per heavy atom. The molecule has 14 heteroatoms. The van der Waals surface area contributed by atoms with Gasteiger partial charge in [-0.2, -0.15) is 0 Å². The van der Waals surface area contributed by atoms with Gasteiger partial charge in [0.25, 0.3) is 0 Å². The number of aromatic nitrogens is 3. The highest BCUT2D eigenvalue weighted by atomic mass is 32.1. The van der Waals surface area contributed by atoms with Crippen molar-refractivity contribution in [3.05, 3.63) is 80.4 Å². The zero-order valence-electron chi connectivity index (χ0n) is 32.6. The molecule has 1 spiro atoms. The number of ether oxygens (including phenoxy) is 1. The number of thiophene rings is 2. The Balaban J connectivity index is 0.707. The zero-order chi connectivity index (χ0) is 39.6. The highest BCUT2D eigenvalue weighted by Gasteiger charge is 2.55. The summed E-state index contributed by atoms with van der Waals surface area (Å²) in [5.41, 5.74) is 4.42. The minimum Gasteiger partial charge on any atom is -0.460 e. The molecule has 6 atom stereocenters. The van der Waals surface area contributed by atoms with E-state index in [-0.39, 0.29) is 35.3 Å². The molecule has 5 N–H and O–H groups in total. The molecule has 2 saturated carbocycles. The van der Waals surface area contributed by atoms with Gasteiger partial charge in [-0.05, 0) is 128 Å². The fraction of sp³-hybridized carbons (Fsp3) is 0.545. The number of carbonyl (C=O) groups is 2. The van der Waals surface area contributed by atoms with E-state index in [1.54, 1.807) is 0 Å². The molecular weight excluding hydrogens is 773 g/mol. The van der Waals surface area contributed by atoms with Crippen molar-refractivity contribution in [3.63, 3.8) is 0 Å². The van der Waals surface area contributed by atoms with Crippen LogP contribution in [0.4, 0.5) is 0 Å².